The standard InChI is InChI=1S/C21H15FN4O/c1-26-11-15-6-13(9-23-20(15)25-26)17-7-14-10-24-21(27)19(14)8-18(17)12-2-4-16(22)5-3-12/h2-9,11H,10H2,1H3,(H,24,27). The maximum Gasteiger partial charge on any atom is 0.251 e. The van der Waals surface area contributed by atoms with Crippen LogP contribution in [-0.4, -0.2) is 20.7 Å². The fourth-order valence-corrected chi connectivity index (χ4v) is 3.56. The number of fused-ring (bicyclic) bond motifs is 2. The van der Waals surface area contributed by atoms with Crippen molar-refractivity contribution in [2.24, 2.45) is 7.05 Å². The fourth-order valence-electron chi connectivity index (χ4n) is 3.56. The van der Waals surface area contributed by atoms with Gasteiger partial charge in [0.1, 0.15) is 5.82 Å². The van der Waals surface area contributed by atoms with Crippen LogP contribution in [0.25, 0.3) is 33.3 Å². The zero-order valence-electron chi connectivity index (χ0n) is 14.5. The largest absolute Gasteiger partial charge is 0.348 e. The number of nitrogens with one attached hydrogen (secondary N) is 1. The smallest absolute Gasteiger partial charge is 0.251 e. The van der Waals surface area contributed by atoms with Crippen molar-refractivity contribution in [2.45, 2.75) is 6.54 Å². The van der Waals surface area contributed by atoms with Crippen molar-refractivity contribution in [3.63, 3.8) is 0 Å². The molecule has 6 heteroatoms. The first-order valence-electron chi connectivity index (χ1n) is 8.59. The monoisotopic (exact) mass is 358 g/mol. The third-order valence-corrected chi connectivity index (χ3v) is 4.87. The Kier molecular flexibility index (Phi) is 3.33. The highest BCUT2D eigenvalue weighted by atomic mass is 19.1. The number of halogens is 1. The number of amides is 1. The van der Waals surface area contributed by atoms with Gasteiger partial charge in [0.05, 0.1) is 0 Å². The molecular formula is C21H15FN4O. The molecule has 5 rings (SSSR count). The molecule has 0 fully saturated rings. The van der Waals surface area contributed by atoms with Crippen molar-refractivity contribution in [3.05, 3.63) is 71.8 Å². The summed E-state index contributed by atoms with van der Waals surface area (Å²) in [6.07, 6.45) is 3.70. The second kappa shape index (κ2) is 5.74. The second-order valence-electron chi connectivity index (χ2n) is 6.68. The Morgan fingerprint density at radius 3 is 2.63 bits per heavy atom. The fraction of sp³-hybridized carbons (Fsp3) is 0.0952. The first kappa shape index (κ1) is 15.7. The third-order valence-electron chi connectivity index (χ3n) is 4.87. The molecule has 0 saturated carbocycles. The normalized spacial score (nSPS) is 13.0. The van der Waals surface area contributed by atoms with Gasteiger partial charge in [-0.15, -0.1) is 0 Å². The molecule has 5 nitrogen and oxygen atoms in total. The number of carbonyl (C=O) groups excluding carboxylic acids is 1. The van der Waals surface area contributed by atoms with Crippen molar-refractivity contribution >= 4 is 16.9 Å². The summed E-state index contributed by atoms with van der Waals surface area (Å²) < 4.78 is 15.1. The highest BCUT2D eigenvalue weighted by Gasteiger charge is 2.22. The van der Waals surface area contributed by atoms with Gasteiger partial charge in [0.2, 0.25) is 0 Å². The molecule has 0 aliphatic carbocycles. The summed E-state index contributed by atoms with van der Waals surface area (Å²) in [4.78, 5) is 16.6. The summed E-state index contributed by atoms with van der Waals surface area (Å²) in [6, 6.07) is 12.2. The average molecular weight is 358 g/mol. The minimum atomic E-state index is -0.294. The van der Waals surface area contributed by atoms with Crippen LogP contribution in [0.5, 0.6) is 0 Å². The zero-order valence-corrected chi connectivity index (χ0v) is 14.5. The molecule has 27 heavy (non-hydrogen) atoms. The van der Waals surface area contributed by atoms with E-state index in [9.17, 15) is 9.18 Å². The van der Waals surface area contributed by atoms with Crippen LogP contribution in [0.4, 0.5) is 4.39 Å². The van der Waals surface area contributed by atoms with E-state index in [0.717, 1.165) is 33.2 Å². The number of benzene rings is 2. The zero-order chi connectivity index (χ0) is 18.5. The highest BCUT2D eigenvalue weighted by molar-refractivity contribution is 6.02. The quantitative estimate of drug-likeness (QED) is 0.595. The van der Waals surface area contributed by atoms with Gasteiger partial charge in [-0.1, -0.05) is 12.1 Å². The predicted molar refractivity (Wildman–Crippen MR) is 101 cm³/mol. The van der Waals surface area contributed by atoms with E-state index < -0.39 is 0 Å². The van der Waals surface area contributed by atoms with Gasteiger partial charge in [-0.05, 0) is 52.6 Å². The Bertz CT molecular complexity index is 1210. The Morgan fingerprint density at radius 1 is 1.04 bits per heavy atom. The molecular weight excluding hydrogens is 343 g/mol. The Hall–Kier alpha value is -3.54. The summed E-state index contributed by atoms with van der Waals surface area (Å²) in [5.74, 6) is -0.376. The van der Waals surface area contributed by atoms with Crippen molar-refractivity contribution in [3.8, 4) is 22.3 Å². The molecule has 4 aromatic rings. The Labute approximate surface area is 154 Å². The summed E-state index contributed by atoms with van der Waals surface area (Å²) in [5.41, 5.74) is 5.89. The van der Waals surface area contributed by atoms with Crippen LogP contribution in [0.15, 0.2) is 54.9 Å². The number of rotatable bonds is 2. The minimum Gasteiger partial charge on any atom is -0.348 e. The third kappa shape index (κ3) is 2.57. The lowest BCUT2D eigenvalue weighted by atomic mass is 9.91. The van der Waals surface area contributed by atoms with E-state index in [1.54, 1.807) is 23.0 Å². The lowest BCUT2D eigenvalue weighted by Crippen LogP contribution is -2.12. The van der Waals surface area contributed by atoms with Gasteiger partial charge in [0, 0.05) is 42.5 Å². The molecule has 2 aromatic carbocycles. The summed E-state index contributed by atoms with van der Waals surface area (Å²) in [6.45, 7) is 0.507. The maximum absolute atomic E-state index is 13.4. The highest BCUT2D eigenvalue weighted by Crippen LogP contribution is 2.36. The summed E-state index contributed by atoms with van der Waals surface area (Å²) >= 11 is 0. The topological polar surface area (TPSA) is 59.8 Å². The number of carbonyl (C=O) groups is 1. The minimum absolute atomic E-state index is 0.0826. The van der Waals surface area contributed by atoms with Gasteiger partial charge in [0.25, 0.3) is 5.91 Å². The molecule has 2 aromatic heterocycles. The van der Waals surface area contributed by atoms with Gasteiger partial charge in [0.15, 0.2) is 5.65 Å². The van der Waals surface area contributed by atoms with E-state index in [4.69, 9.17) is 0 Å². The van der Waals surface area contributed by atoms with Crippen molar-refractivity contribution in [2.75, 3.05) is 0 Å². The molecule has 1 N–H and O–H groups in total. The van der Waals surface area contributed by atoms with E-state index >= 15 is 0 Å². The molecule has 0 saturated heterocycles. The molecule has 1 aliphatic rings. The van der Waals surface area contributed by atoms with E-state index in [1.807, 2.05) is 31.4 Å². The SMILES string of the molecule is Cn1cc2cc(-c3cc4c(cc3-c3ccc(F)cc3)C(=O)NC4)cnc2n1. The molecule has 0 radical (unpaired) electrons. The van der Waals surface area contributed by atoms with Crippen LogP contribution >= 0.6 is 0 Å². The average Bonchev–Trinajstić information content (AvgIpc) is 3.22. The number of aryl methyl sites for hydroxylation is 1. The number of aromatic nitrogens is 3. The van der Waals surface area contributed by atoms with Gasteiger partial charge in [-0.25, -0.2) is 9.37 Å². The summed E-state index contributed by atoms with van der Waals surface area (Å²) in [5, 5.41) is 8.11. The van der Waals surface area contributed by atoms with E-state index in [1.165, 1.54) is 12.1 Å². The van der Waals surface area contributed by atoms with Crippen molar-refractivity contribution < 1.29 is 9.18 Å². The van der Waals surface area contributed by atoms with Gasteiger partial charge in [-0.2, -0.15) is 5.10 Å². The van der Waals surface area contributed by atoms with Crippen LogP contribution < -0.4 is 5.32 Å². The first-order chi connectivity index (χ1) is 13.1. The Morgan fingerprint density at radius 2 is 1.81 bits per heavy atom. The molecule has 0 spiro atoms. The summed E-state index contributed by atoms with van der Waals surface area (Å²) in [7, 11) is 1.86. The Balaban J connectivity index is 1.76. The molecule has 132 valence electrons. The number of hydrogen-bond donors (Lipinski definition) is 1. The molecule has 0 unspecified atom stereocenters. The molecule has 1 aliphatic heterocycles. The van der Waals surface area contributed by atoms with Gasteiger partial charge >= 0.3 is 0 Å². The van der Waals surface area contributed by atoms with E-state index in [2.05, 4.69) is 15.4 Å². The van der Waals surface area contributed by atoms with E-state index in [-0.39, 0.29) is 11.7 Å². The predicted octanol–water partition coefficient (Wildman–Crippen LogP) is 3.68. The second-order valence-corrected chi connectivity index (χ2v) is 6.68. The van der Waals surface area contributed by atoms with Crippen LogP contribution in [-0.2, 0) is 13.6 Å². The molecule has 0 atom stereocenters. The van der Waals surface area contributed by atoms with Crippen LogP contribution in [0.1, 0.15) is 15.9 Å². The molecule has 1 amide bonds. The van der Waals surface area contributed by atoms with Gasteiger partial charge < -0.3 is 5.32 Å². The molecule has 0 bridgehead atoms. The van der Waals surface area contributed by atoms with Crippen molar-refractivity contribution in [1.82, 2.24) is 20.1 Å². The van der Waals surface area contributed by atoms with Crippen LogP contribution in [0, 0.1) is 5.82 Å². The van der Waals surface area contributed by atoms with Crippen LogP contribution in [0.3, 0.4) is 0 Å². The van der Waals surface area contributed by atoms with Gasteiger partial charge in [-0.3, -0.25) is 9.48 Å². The van der Waals surface area contributed by atoms with E-state index in [0.29, 0.717) is 17.8 Å². The first-order valence-corrected chi connectivity index (χ1v) is 8.59. The van der Waals surface area contributed by atoms with Crippen molar-refractivity contribution in [1.29, 1.82) is 0 Å². The lowest BCUT2D eigenvalue weighted by molar-refractivity contribution is 0.0966. The number of pyridine rings is 1. The van der Waals surface area contributed by atoms with Crippen LogP contribution in [0.2, 0.25) is 0 Å². The number of nitrogens with zero attached hydrogens (tertiary/aromatic N) is 3. The molecule has 3 heterocycles. The maximum atomic E-state index is 13.4. The lowest BCUT2D eigenvalue weighted by Gasteiger charge is -2.12. The number of hydrogen-bond acceptors (Lipinski definition) is 3.